The Morgan fingerprint density at radius 1 is 1.14 bits per heavy atom. The van der Waals surface area contributed by atoms with Crippen LogP contribution in [0.5, 0.6) is 0 Å². The molecular formula is C17H17N3O. The minimum Gasteiger partial charge on any atom is -0.357 e. The van der Waals surface area contributed by atoms with Crippen LogP contribution in [0.2, 0.25) is 0 Å². The number of nitrogens with zero attached hydrogens (tertiary/aromatic N) is 3. The smallest absolute Gasteiger partial charge is 0.170 e. The van der Waals surface area contributed by atoms with Gasteiger partial charge in [-0.05, 0) is 24.1 Å². The van der Waals surface area contributed by atoms with E-state index in [0.717, 1.165) is 30.7 Å². The largest absolute Gasteiger partial charge is 0.357 e. The fourth-order valence-electron chi connectivity index (χ4n) is 2.44. The van der Waals surface area contributed by atoms with E-state index < -0.39 is 0 Å². The number of carbonyl (C=O) groups is 1. The van der Waals surface area contributed by atoms with Crippen LogP contribution in [0.15, 0.2) is 54.7 Å². The zero-order chi connectivity index (χ0) is 14.7. The summed E-state index contributed by atoms with van der Waals surface area (Å²) in [5.41, 5.74) is 2.67. The first-order valence-electron chi connectivity index (χ1n) is 6.97. The van der Waals surface area contributed by atoms with E-state index >= 15 is 0 Å². The number of likely N-dealkylation sites (N-methyl/N-ethyl adjacent to an activating group) is 1. The van der Waals surface area contributed by atoms with Crippen molar-refractivity contribution in [3.63, 3.8) is 0 Å². The first kappa shape index (κ1) is 13.4. The fraction of sp³-hybridized carbons (Fsp3) is 0.176. The van der Waals surface area contributed by atoms with Gasteiger partial charge in [-0.3, -0.25) is 9.20 Å². The highest BCUT2D eigenvalue weighted by molar-refractivity contribution is 5.83. The van der Waals surface area contributed by atoms with E-state index in [9.17, 15) is 4.79 Å². The number of benzene rings is 1. The number of aldehydes is 1. The Morgan fingerprint density at radius 2 is 1.90 bits per heavy atom. The molecule has 4 heteroatoms. The molecule has 0 spiro atoms. The maximum atomic E-state index is 11.4. The first-order chi connectivity index (χ1) is 10.3. The van der Waals surface area contributed by atoms with E-state index in [1.165, 1.54) is 5.56 Å². The molecule has 4 nitrogen and oxygen atoms in total. The number of pyridine rings is 1. The van der Waals surface area contributed by atoms with Gasteiger partial charge in [-0.15, -0.1) is 0 Å². The van der Waals surface area contributed by atoms with Crippen molar-refractivity contribution < 1.29 is 4.79 Å². The van der Waals surface area contributed by atoms with E-state index in [2.05, 4.69) is 17.1 Å². The lowest BCUT2D eigenvalue weighted by Gasteiger charge is -2.17. The van der Waals surface area contributed by atoms with Gasteiger partial charge in [-0.25, -0.2) is 4.98 Å². The Balaban J connectivity index is 1.84. The highest BCUT2D eigenvalue weighted by atomic mass is 16.1. The van der Waals surface area contributed by atoms with Crippen LogP contribution >= 0.6 is 0 Å². The normalized spacial score (nSPS) is 10.7. The molecule has 106 valence electrons. The molecule has 0 saturated carbocycles. The van der Waals surface area contributed by atoms with Gasteiger partial charge in [0.25, 0.3) is 0 Å². The molecule has 21 heavy (non-hydrogen) atoms. The predicted octanol–water partition coefficient (Wildman–Crippen LogP) is 2.83. The van der Waals surface area contributed by atoms with Crippen molar-refractivity contribution in [1.82, 2.24) is 9.38 Å². The Hall–Kier alpha value is -2.62. The van der Waals surface area contributed by atoms with Gasteiger partial charge in [0, 0.05) is 19.8 Å². The fourth-order valence-corrected chi connectivity index (χ4v) is 2.44. The molecule has 3 rings (SSSR count). The lowest BCUT2D eigenvalue weighted by Crippen LogP contribution is -2.22. The number of imidazole rings is 1. The van der Waals surface area contributed by atoms with Gasteiger partial charge in [0.15, 0.2) is 12.1 Å². The van der Waals surface area contributed by atoms with Crippen molar-refractivity contribution in [2.45, 2.75) is 6.42 Å². The molecule has 0 bridgehead atoms. The van der Waals surface area contributed by atoms with Crippen molar-refractivity contribution in [1.29, 1.82) is 0 Å². The molecule has 0 unspecified atom stereocenters. The molecule has 3 aromatic rings. The van der Waals surface area contributed by atoms with Gasteiger partial charge in [0.05, 0.1) is 0 Å². The van der Waals surface area contributed by atoms with Crippen LogP contribution < -0.4 is 4.90 Å². The Kier molecular flexibility index (Phi) is 3.69. The second-order valence-electron chi connectivity index (χ2n) is 5.02. The van der Waals surface area contributed by atoms with Crippen molar-refractivity contribution in [2.24, 2.45) is 0 Å². The zero-order valence-corrected chi connectivity index (χ0v) is 11.9. The van der Waals surface area contributed by atoms with Gasteiger partial charge in [-0.1, -0.05) is 36.4 Å². The summed E-state index contributed by atoms with van der Waals surface area (Å²) in [6, 6.07) is 16.0. The first-order valence-corrected chi connectivity index (χ1v) is 6.97. The molecular weight excluding hydrogens is 262 g/mol. The zero-order valence-electron chi connectivity index (χ0n) is 11.9. The van der Waals surface area contributed by atoms with Crippen molar-refractivity contribution in [3.05, 3.63) is 66.0 Å². The third kappa shape index (κ3) is 2.65. The summed E-state index contributed by atoms with van der Waals surface area (Å²) in [6.07, 6.45) is 3.65. The van der Waals surface area contributed by atoms with Crippen molar-refractivity contribution in [3.8, 4) is 0 Å². The molecule has 0 saturated heterocycles. The minimum absolute atomic E-state index is 0.598. The second kappa shape index (κ2) is 5.79. The summed E-state index contributed by atoms with van der Waals surface area (Å²) in [7, 11) is 1.97. The number of anilines is 1. The third-order valence-electron chi connectivity index (χ3n) is 3.60. The lowest BCUT2D eigenvalue weighted by molar-refractivity contribution is 0.111. The van der Waals surface area contributed by atoms with Gasteiger partial charge in [0.1, 0.15) is 11.3 Å². The van der Waals surface area contributed by atoms with Crippen LogP contribution in [0.4, 0.5) is 5.82 Å². The highest BCUT2D eigenvalue weighted by Crippen LogP contribution is 2.19. The van der Waals surface area contributed by atoms with Crippen LogP contribution in [0.3, 0.4) is 0 Å². The molecule has 0 aliphatic heterocycles. The Bertz CT molecular complexity index is 749. The summed E-state index contributed by atoms with van der Waals surface area (Å²) < 4.78 is 1.82. The molecule has 0 aliphatic rings. The molecule has 0 radical (unpaired) electrons. The van der Waals surface area contributed by atoms with Gasteiger partial charge in [0.2, 0.25) is 0 Å². The SMILES string of the molecule is CN(CCc1ccccc1)c1nc2ccccn2c1C=O. The Morgan fingerprint density at radius 3 is 2.67 bits per heavy atom. The van der Waals surface area contributed by atoms with Crippen LogP contribution in [0, 0.1) is 0 Å². The molecule has 0 atom stereocenters. The molecule has 2 heterocycles. The summed E-state index contributed by atoms with van der Waals surface area (Å²) in [6.45, 7) is 0.814. The maximum absolute atomic E-state index is 11.4. The van der Waals surface area contributed by atoms with Gasteiger partial charge in [-0.2, -0.15) is 0 Å². The molecule has 0 amide bonds. The number of aromatic nitrogens is 2. The molecule has 2 aromatic heterocycles. The van der Waals surface area contributed by atoms with E-state index in [0.29, 0.717) is 5.69 Å². The van der Waals surface area contributed by atoms with Crippen LogP contribution in [0.25, 0.3) is 5.65 Å². The molecule has 0 aliphatic carbocycles. The second-order valence-corrected chi connectivity index (χ2v) is 5.02. The summed E-state index contributed by atoms with van der Waals surface area (Å²) >= 11 is 0. The van der Waals surface area contributed by atoms with E-state index in [-0.39, 0.29) is 0 Å². The molecule has 0 N–H and O–H groups in total. The number of hydrogen-bond acceptors (Lipinski definition) is 3. The maximum Gasteiger partial charge on any atom is 0.170 e. The predicted molar refractivity (Wildman–Crippen MR) is 84.0 cm³/mol. The van der Waals surface area contributed by atoms with Crippen LogP contribution in [-0.2, 0) is 6.42 Å². The van der Waals surface area contributed by atoms with Crippen LogP contribution in [0.1, 0.15) is 16.1 Å². The van der Waals surface area contributed by atoms with E-state index in [1.54, 1.807) is 0 Å². The summed E-state index contributed by atoms with van der Waals surface area (Å²) in [5, 5.41) is 0. The molecule has 0 fully saturated rings. The molecule has 1 aromatic carbocycles. The Labute approximate surface area is 123 Å². The number of rotatable bonds is 5. The topological polar surface area (TPSA) is 37.6 Å². The van der Waals surface area contributed by atoms with Crippen LogP contribution in [-0.4, -0.2) is 29.3 Å². The van der Waals surface area contributed by atoms with E-state index in [1.807, 2.05) is 58.9 Å². The number of carbonyl (C=O) groups excluding carboxylic acids is 1. The summed E-state index contributed by atoms with van der Waals surface area (Å²) in [5.74, 6) is 0.729. The van der Waals surface area contributed by atoms with Gasteiger partial charge < -0.3 is 4.90 Å². The summed E-state index contributed by atoms with van der Waals surface area (Å²) in [4.78, 5) is 18.0. The standard InChI is InChI=1S/C17H17N3O/c1-19(12-10-14-7-3-2-4-8-14)17-15(13-21)20-11-6-5-9-16(20)18-17/h2-9,11,13H,10,12H2,1H3. The lowest BCUT2D eigenvalue weighted by atomic mass is 10.1. The van der Waals surface area contributed by atoms with E-state index in [4.69, 9.17) is 0 Å². The highest BCUT2D eigenvalue weighted by Gasteiger charge is 2.14. The van der Waals surface area contributed by atoms with Gasteiger partial charge >= 0.3 is 0 Å². The average molecular weight is 279 g/mol. The van der Waals surface area contributed by atoms with Crippen molar-refractivity contribution >= 4 is 17.8 Å². The minimum atomic E-state index is 0.598. The number of fused-ring (bicyclic) bond motifs is 1. The van der Waals surface area contributed by atoms with Crippen molar-refractivity contribution in [2.75, 3.05) is 18.5 Å². The average Bonchev–Trinajstić information content (AvgIpc) is 2.92. The third-order valence-corrected chi connectivity index (χ3v) is 3.60. The monoisotopic (exact) mass is 279 g/mol. The quantitative estimate of drug-likeness (QED) is 0.674. The number of hydrogen-bond donors (Lipinski definition) is 0.